The van der Waals surface area contributed by atoms with Crippen molar-refractivity contribution in [3.8, 4) is 0 Å². The molecule has 0 bridgehead atoms. The molecule has 1 aromatic carbocycles. The van der Waals surface area contributed by atoms with E-state index in [1.165, 1.54) is 12.1 Å². The van der Waals surface area contributed by atoms with Crippen LogP contribution < -0.4 is 5.46 Å². The Kier molecular flexibility index (Phi) is 3.33. The largest absolute Gasteiger partial charge is 0.491 e. The fraction of sp³-hybridized carbons (Fsp3) is 0. The topological polar surface area (TPSA) is 40.5 Å². The Bertz CT molecular complexity index is 308. The molecule has 2 nitrogen and oxygen atoms in total. The van der Waals surface area contributed by atoms with E-state index in [2.05, 4.69) is 0 Å². The lowest BCUT2D eigenvalue weighted by atomic mass is 9.80. The first-order chi connectivity index (χ1) is 5.52. The zero-order valence-electron chi connectivity index (χ0n) is 5.76. The maximum atomic E-state index is 13.0. The van der Waals surface area contributed by atoms with Gasteiger partial charge in [0.2, 0.25) is 0 Å². The van der Waals surface area contributed by atoms with Crippen LogP contribution in [0.4, 0.5) is 4.39 Å². The van der Waals surface area contributed by atoms with Gasteiger partial charge in [0.15, 0.2) is 0 Å². The molecule has 0 atom stereocenters. The predicted molar refractivity (Wildman–Crippen MR) is 54.0 cm³/mol. The molecule has 2 N–H and O–H groups in total. The van der Waals surface area contributed by atoms with Crippen molar-refractivity contribution in [1.29, 1.82) is 0 Å². The highest BCUT2D eigenvalue weighted by Crippen LogP contribution is 2.15. The van der Waals surface area contributed by atoms with Gasteiger partial charge in [0.1, 0.15) is 5.82 Å². The molecule has 0 unspecified atom stereocenters. The molecule has 0 fully saturated rings. The average Bonchev–Trinajstić information content (AvgIpc) is 1.96. The smallest absolute Gasteiger partial charge is 0.423 e. The van der Waals surface area contributed by atoms with Crippen LogP contribution in [0.15, 0.2) is 12.1 Å². The van der Waals surface area contributed by atoms with Gasteiger partial charge in [0.05, 0.1) is 5.02 Å². The van der Waals surface area contributed by atoms with Gasteiger partial charge < -0.3 is 10.0 Å². The molecule has 6 heteroatoms. The fourth-order valence-electron chi connectivity index (χ4n) is 0.764. The summed E-state index contributed by atoms with van der Waals surface area (Å²) < 4.78 is 13.6. The van der Waals surface area contributed by atoms with Crippen molar-refractivity contribution in [2.75, 3.05) is 0 Å². The predicted octanol–water partition coefficient (Wildman–Crippen LogP) is 0.763. The lowest BCUT2D eigenvalue weighted by molar-refractivity contribution is 0.423. The van der Waals surface area contributed by atoms with E-state index in [4.69, 9.17) is 21.6 Å². The Hall–Kier alpha value is 0.155. The highest BCUT2D eigenvalue weighted by molar-refractivity contribution is 14.1. The molecular formula is C6H4BClFIO2. The summed E-state index contributed by atoms with van der Waals surface area (Å²) in [5, 5.41) is 17.3. The molecule has 0 aliphatic carbocycles. The Morgan fingerprint density at radius 1 is 1.42 bits per heavy atom. The van der Waals surface area contributed by atoms with Crippen LogP contribution in [0.2, 0.25) is 5.02 Å². The van der Waals surface area contributed by atoms with Gasteiger partial charge in [0, 0.05) is 9.03 Å². The quantitative estimate of drug-likeness (QED) is 0.457. The van der Waals surface area contributed by atoms with Crippen molar-refractivity contribution in [3.63, 3.8) is 0 Å². The van der Waals surface area contributed by atoms with Crippen molar-refractivity contribution in [2.24, 2.45) is 0 Å². The second kappa shape index (κ2) is 3.91. The summed E-state index contributed by atoms with van der Waals surface area (Å²) in [6.07, 6.45) is 0. The zero-order valence-corrected chi connectivity index (χ0v) is 8.67. The van der Waals surface area contributed by atoms with E-state index in [9.17, 15) is 4.39 Å². The monoisotopic (exact) mass is 300 g/mol. The zero-order chi connectivity index (χ0) is 9.30. The molecule has 64 valence electrons. The second-order valence-electron chi connectivity index (χ2n) is 2.16. The highest BCUT2D eigenvalue weighted by Gasteiger charge is 2.19. The van der Waals surface area contributed by atoms with Crippen molar-refractivity contribution in [1.82, 2.24) is 0 Å². The van der Waals surface area contributed by atoms with Crippen LogP contribution in [-0.2, 0) is 0 Å². The Labute approximate surface area is 87.6 Å². The van der Waals surface area contributed by atoms with E-state index in [0.717, 1.165) is 0 Å². The molecule has 0 amide bonds. The van der Waals surface area contributed by atoms with E-state index >= 15 is 0 Å². The maximum absolute atomic E-state index is 13.0. The molecule has 0 radical (unpaired) electrons. The summed E-state index contributed by atoms with van der Waals surface area (Å²) >= 11 is 7.37. The Morgan fingerprint density at radius 2 is 2.00 bits per heavy atom. The van der Waals surface area contributed by atoms with Crippen LogP contribution in [0.25, 0.3) is 0 Å². The molecule has 0 aliphatic rings. The van der Waals surface area contributed by atoms with Crippen LogP contribution in [-0.4, -0.2) is 17.2 Å². The van der Waals surface area contributed by atoms with E-state index in [1.807, 2.05) is 22.6 Å². The number of halogens is 3. The number of hydrogen-bond acceptors (Lipinski definition) is 2. The molecule has 0 spiro atoms. The number of hydrogen-bond donors (Lipinski definition) is 2. The number of benzene rings is 1. The molecule has 0 aliphatic heterocycles. The van der Waals surface area contributed by atoms with Crippen molar-refractivity contribution < 1.29 is 14.4 Å². The normalized spacial score (nSPS) is 10.1. The van der Waals surface area contributed by atoms with Gasteiger partial charge in [-0.15, -0.1) is 0 Å². The Balaban J connectivity index is 3.28. The first kappa shape index (κ1) is 10.2. The van der Waals surface area contributed by atoms with Crippen LogP contribution >= 0.6 is 34.2 Å². The van der Waals surface area contributed by atoms with E-state index in [0.29, 0.717) is 3.57 Å². The first-order valence-corrected chi connectivity index (χ1v) is 4.48. The third-order valence-corrected chi connectivity index (χ3v) is 2.20. The lowest BCUT2D eigenvalue weighted by Gasteiger charge is -2.03. The van der Waals surface area contributed by atoms with Gasteiger partial charge in [-0.05, 0) is 34.7 Å². The third kappa shape index (κ3) is 2.10. The van der Waals surface area contributed by atoms with Gasteiger partial charge in [0.25, 0.3) is 0 Å². The molecule has 0 saturated carbocycles. The fourth-order valence-corrected chi connectivity index (χ4v) is 1.82. The van der Waals surface area contributed by atoms with E-state index < -0.39 is 12.9 Å². The summed E-state index contributed by atoms with van der Waals surface area (Å²) in [4.78, 5) is 0. The minimum absolute atomic E-state index is 0.106. The van der Waals surface area contributed by atoms with E-state index in [1.54, 1.807) is 0 Å². The summed E-state index contributed by atoms with van der Waals surface area (Å²) in [5.41, 5.74) is -0.202. The van der Waals surface area contributed by atoms with E-state index in [-0.39, 0.29) is 10.5 Å². The van der Waals surface area contributed by atoms with Crippen LogP contribution in [0.5, 0.6) is 0 Å². The third-order valence-electron chi connectivity index (χ3n) is 1.30. The molecule has 1 rings (SSSR count). The molecular weight excluding hydrogens is 296 g/mol. The summed E-state index contributed by atoms with van der Waals surface area (Å²) in [6.45, 7) is 0. The van der Waals surface area contributed by atoms with Gasteiger partial charge in [-0.2, -0.15) is 0 Å². The summed E-state index contributed by atoms with van der Waals surface area (Å²) in [5.74, 6) is -0.785. The van der Waals surface area contributed by atoms with Crippen LogP contribution in [0, 0.1) is 9.39 Å². The average molecular weight is 300 g/mol. The first-order valence-electron chi connectivity index (χ1n) is 3.03. The number of rotatable bonds is 1. The molecule has 12 heavy (non-hydrogen) atoms. The maximum Gasteiger partial charge on any atom is 0.491 e. The van der Waals surface area contributed by atoms with Crippen LogP contribution in [0.1, 0.15) is 0 Å². The SMILES string of the molecule is OB(O)c1cc(I)cc(Cl)c1F. The summed E-state index contributed by atoms with van der Waals surface area (Å²) in [6, 6.07) is 2.73. The lowest BCUT2D eigenvalue weighted by Crippen LogP contribution is -2.33. The molecule has 0 aromatic heterocycles. The molecule has 0 heterocycles. The molecule has 0 saturated heterocycles. The summed E-state index contributed by atoms with van der Waals surface area (Å²) in [7, 11) is -1.82. The Morgan fingerprint density at radius 3 is 2.50 bits per heavy atom. The van der Waals surface area contributed by atoms with Gasteiger partial charge >= 0.3 is 7.12 Å². The minimum Gasteiger partial charge on any atom is -0.423 e. The highest BCUT2D eigenvalue weighted by atomic mass is 127. The van der Waals surface area contributed by atoms with Gasteiger partial charge in [-0.25, -0.2) is 4.39 Å². The van der Waals surface area contributed by atoms with Gasteiger partial charge in [-0.1, -0.05) is 11.6 Å². The molecule has 1 aromatic rings. The van der Waals surface area contributed by atoms with Crippen molar-refractivity contribution in [2.45, 2.75) is 0 Å². The minimum atomic E-state index is -1.82. The van der Waals surface area contributed by atoms with Crippen LogP contribution in [0.3, 0.4) is 0 Å². The van der Waals surface area contributed by atoms with Crippen molar-refractivity contribution >= 4 is 46.8 Å². The van der Waals surface area contributed by atoms with Crippen molar-refractivity contribution in [3.05, 3.63) is 26.5 Å². The second-order valence-corrected chi connectivity index (χ2v) is 3.82. The standard InChI is InChI=1S/C6H4BClFIO2/c8-5-2-3(10)1-4(6(5)9)7(11)12/h1-2,11-12H. The van der Waals surface area contributed by atoms with Gasteiger partial charge in [-0.3, -0.25) is 0 Å².